The maximum absolute atomic E-state index is 11.2. The van der Waals surface area contributed by atoms with Crippen LogP contribution >= 0.6 is 11.6 Å². The summed E-state index contributed by atoms with van der Waals surface area (Å²) in [5.74, 6) is 0.739. The fraction of sp³-hybridized carbons (Fsp3) is 0.200. The number of halogens is 1. The number of hydrogen-bond donors (Lipinski definition) is 2. The van der Waals surface area contributed by atoms with E-state index in [1.807, 2.05) is 48.5 Å². The molecule has 3 aromatic rings. The Balaban J connectivity index is 1.72. The van der Waals surface area contributed by atoms with E-state index in [1.54, 1.807) is 7.11 Å². The van der Waals surface area contributed by atoms with E-state index in [2.05, 4.69) is 10.6 Å². The van der Waals surface area contributed by atoms with E-state index in [1.165, 1.54) is 0 Å². The van der Waals surface area contributed by atoms with E-state index in [0.29, 0.717) is 18.1 Å². The number of alkyl carbamates (subject to hydrolysis) is 1. The molecule has 1 aliphatic rings. The highest BCUT2D eigenvalue weighted by molar-refractivity contribution is 6.30. The van der Waals surface area contributed by atoms with Gasteiger partial charge in [-0.3, -0.25) is 0 Å². The Morgan fingerprint density at radius 3 is 2.78 bits per heavy atom. The van der Waals surface area contributed by atoms with Crippen LogP contribution in [0.2, 0.25) is 5.02 Å². The topological polar surface area (TPSA) is 72.5 Å². The maximum atomic E-state index is 11.2. The number of rotatable bonds is 5. The van der Waals surface area contributed by atoms with Crippen molar-refractivity contribution >= 4 is 34.3 Å². The van der Waals surface area contributed by atoms with Crippen LogP contribution < -0.4 is 15.4 Å². The van der Waals surface area contributed by atoms with Gasteiger partial charge in [-0.1, -0.05) is 23.7 Å². The van der Waals surface area contributed by atoms with Gasteiger partial charge in [-0.2, -0.15) is 0 Å². The van der Waals surface area contributed by atoms with Gasteiger partial charge in [-0.15, -0.1) is 0 Å². The van der Waals surface area contributed by atoms with E-state index in [0.717, 1.165) is 33.6 Å². The average Bonchev–Trinajstić information content (AvgIpc) is 3.11. The number of carbonyl (C=O) groups excluding carboxylic acids is 1. The smallest absolute Gasteiger partial charge is 0.407 e. The van der Waals surface area contributed by atoms with Crippen LogP contribution in [0.4, 0.5) is 10.5 Å². The molecule has 1 aromatic heterocycles. The Bertz CT molecular complexity index is 992. The highest BCUT2D eigenvalue weighted by Gasteiger charge is 2.22. The number of pyridine rings is 1. The Hall–Kier alpha value is -2.99. The monoisotopic (exact) mass is 383 g/mol. The SMILES string of the molecule is COc1ccc2c(NC[C@H]3CNC(=O)O3)cc(-c3ccc(Cl)cc3)nc2c1. The summed E-state index contributed by atoms with van der Waals surface area (Å²) in [6.07, 6.45) is -0.592. The van der Waals surface area contributed by atoms with Crippen molar-refractivity contribution in [2.75, 3.05) is 25.5 Å². The molecule has 0 saturated carbocycles. The van der Waals surface area contributed by atoms with Crippen molar-refractivity contribution in [1.29, 1.82) is 0 Å². The number of ether oxygens (including phenoxy) is 2. The van der Waals surface area contributed by atoms with Crippen LogP contribution in [-0.2, 0) is 4.74 Å². The Kier molecular flexibility index (Phi) is 4.73. The van der Waals surface area contributed by atoms with Gasteiger partial charge in [-0.25, -0.2) is 9.78 Å². The van der Waals surface area contributed by atoms with Crippen molar-refractivity contribution in [3.63, 3.8) is 0 Å². The molecule has 0 radical (unpaired) electrons. The van der Waals surface area contributed by atoms with Crippen LogP contribution in [0.15, 0.2) is 48.5 Å². The Labute approximate surface area is 161 Å². The fourth-order valence-electron chi connectivity index (χ4n) is 3.02. The van der Waals surface area contributed by atoms with Gasteiger partial charge < -0.3 is 20.1 Å². The first-order chi connectivity index (χ1) is 13.1. The Morgan fingerprint density at radius 2 is 2.07 bits per heavy atom. The second kappa shape index (κ2) is 7.32. The number of aromatic nitrogens is 1. The molecule has 1 saturated heterocycles. The molecule has 1 aliphatic heterocycles. The lowest BCUT2D eigenvalue weighted by Crippen LogP contribution is -2.23. The molecule has 1 atom stereocenters. The van der Waals surface area contributed by atoms with Crippen molar-refractivity contribution in [2.45, 2.75) is 6.10 Å². The third kappa shape index (κ3) is 3.75. The lowest BCUT2D eigenvalue weighted by molar-refractivity contribution is 0.145. The number of methoxy groups -OCH3 is 1. The standard InChI is InChI=1S/C20H18ClN3O3/c1-26-14-6-7-16-18(22-10-15-11-23-20(25)27-15)9-17(24-19(16)8-14)12-2-4-13(21)5-3-12/h2-9,15H,10-11H2,1H3,(H,22,24)(H,23,25)/t15-/m0/s1. The number of benzene rings is 2. The number of cyclic esters (lactones) is 1. The third-order valence-electron chi connectivity index (χ3n) is 4.42. The average molecular weight is 384 g/mol. The largest absolute Gasteiger partial charge is 0.497 e. The van der Waals surface area contributed by atoms with E-state index < -0.39 is 0 Å². The van der Waals surface area contributed by atoms with E-state index in [9.17, 15) is 4.79 Å². The minimum atomic E-state index is -0.382. The summed E-state index contributed by atoms with van der Waals surface area (Å²) in [5.41, 5.74) is 3.50. The molecule has 0 unspecified atom stereocenters. The molecule has 27 heavy (non-hydrogen) atoms. The van der Waals surface area contributed by atoms with Crippen LogP contribution in [0, 0.1) is 0 Å². The number of nitrogens with zero attached hydrogens (tertiary/aromatic N) is 1. The number of amides is 1. The van der Waals surface area contributed by atoms with Crippen LogP contribution in [0.3, 0.4) is 0 Å². The van der Waals surface area contributed by atoms with Crippen molar-refractivity contribution in [3.05, 3.63) is 53.6 Å². The predicted octanol–water partition coefficient (Wildman–Crippen LogP) is 4.08. The number of hydrogen-bond acceptors (Lipinski definition) is 5. The zero-order valence-corrected chi connectivity index (χ0v) is 15.4. The van der Waals surface area contributed by atoms with Crippen molar-refractivity contribution in [2.24, 2.45) is 0 Å². The molecule has 4 rings (SSSR count). The number of nitrogens with one attached hydrogen (secondary N) is 2. The molecule has 7 heteroatoms. The van der Waals surface area contributed by atoms with Gasteiger partial charge in [-0.05, 0) is 30.3 Å². The highest BCUT2D eigenvalue weighted by Crippen LogP contribution is 2.31. The zero-order chi connectivity index (χ0) is 18.8. The molecule has 0 aliphatic carbocycles. The quantitative estimate of drug-likeness (QED) is 0.694. The van der Waals surface area contributed by atoms with Crippen LogP contribution in [-0.4, -0.2) is 37.4 Å². The van der Waals surface area contributed by atoms with Crippen molar-refractivity contribution in [1.82, 2.24) is 10.3 Å². The summed E-state index contributed by atoms with van der Waals surface area (Å²) in [7, 11) is 1.63. The molecule has 0 spiro atoms. The number of carbonyl (C=O) groups is 1. The van der Waals surface area contributed by atoms with E-state index >= 15 is 0 Å². The Morgan fingerprint density at radius 1 is 1.26 bits per heavy atom. The van der Waals surface area contributed by atoms with Gasteiger partial charge in [0.2, 0.25) is 0 Å². The first-order valence-electron chi connectivity index (χ1n) is 8.55. The minimum absolute atomic E-state index is 0.210. The van der Waals surface area contributed by atoms with Gasteiger partial charge in [0, 0.05) is 27.7 Å². The van der Waals surface area contributed by atoms with Gasteiger partial charge >= 0.3 is 6.09 Å². The molecular formula is C20H18ClN3O3. The summed E-state index contributed by atoms with van der Waals surface area (Å²) >= 11 is 6.00. The first kappa shape index (κ1) is 17.4. The summed E-state index contributed by atoms with van der Waals surface area (Å²) in [6.45, 7) is 0.997. The molecule has 1 fully saturated rings. The van der Waals surface area contributed by atoms with Gasteiger partial charge in [0.15, 0.2) is 0 Å². The second-order valence-electron chi connectivity index (χ2n) is 6.23. The normalized spacial score (nSPS) is 16.1. The van der Waals surface area contributed by atoms with Crippen molar-refractivity contribution in [3.8, 4) is 17.0 Å². The summed E-state index contributed by atoms with van der Waals surface area (Å²) < 4.78 is 10.5. The van der Waals surface area contributed by atoms with Crippen LogP contribution in [0.1, 0.15) is 0 Å². The van der Waals surface area contributed by atoms with Crippen LogP contribution in [0.25, 0.3) is 22.2 Å². The summed E-state index contributed by atoms with van der Waals surface area (Å²) in [4.78, 5) is 16.0. The zero-order valence-electron chi connectivity index (χ0n) is 14.7. The first-order valence-corrected chi connectivity index (χ1v) is 8.93. The molecular weight excluding hydrogens is 366 g/mol. The fourth-order valence-corrected chi connectivity index (χ4v) is 3.15. The third-order valence-corrected chi connectivity index (χ3v) is 4.68. The molecule has 138 valence electrons. The maximum Gasteiger partial charge on any atom is 0.407 e. The number of anilines is 1. The molecule has 2 heterocycles. The number of fused-ring (bicyclic) bond motifs is 1. The lowest BCUT2D eigenvalue weighted by Gasteiger charge is -2.15. The van der Waals surface area contributed by atoms with E-state index in [-0.39, 0.29) is 12.2 Å². The van der Waals surface area contributed by atoms with E-state index in [4.69, 9.17) is 26.1 Å². The van der Waals surface area contributed by atoms with Crippen molar-refractivity contribution < 1.29 is 14.3 Å². The minimum Gasteiger partial charge on any atom is -0.497 e. The molecule has 0 bridgehead atoms. The summed E-state index contributed by atoms with van der Waals surface area (Å²) in [5, 5.41) is 7.68. The summed E-state index contributed by atoms with van der Waals surface area (Å²) in [6, 6.07) is 15.3. The lowest BCUT2D eigenvalue weighted by atomic mass is 10.1. The second-order valence-corrected chi connectivity index (χ2v) is 6.67. The molecule has 6 nitrogen and oxygen atoms in total. The molecule has 1 amide bonds. The van der Waals surface area contributed by atoms with Gasteiger partial charge in [0.1, 0.15) is 11.9 Å². The molecule has 2 N–H and O–H groups in total. The predicted molar refractivity (Wildman–Crippen MR) is 106 cm³/mol. The van der Waals surface area contributed by atoms with Crippen LogP contribution in [0.5, 0.6) is 5.75 Å². The highest BCUT2D eigenvalue weighted by atomic mass is 35.5. The van der Waals surface area contributed by atoms with Gasteiger partial charge in [0.05, 0.1) is 31.4 Å². The van der Waals surface area contributed by atoms with Gasteiger partial charge in [0.25, 0.3) is 0 Å². The molecule has 2 aromatic carbocycles.